The number of benzene rings is 1. The molecular formula is C28H32F2N4. The summed E-state index contributed by atoms with van der Waals surface area (Å²) in [6.45, 7) is 7.67. The summed E-state index contributed by atoms with van der Waals surface area (Å²) in [5, 5.41) is 3.47. The molecule has 4 nitrogen and oxygen atoms in total. The average Bonchev–Trinajstić information content (AvgIpc) is 3.17. The SMILES string of the molecule is C=C(NCCC1=CCC=CC=C1)N1CCCN(C)c2ccc(-c3cccc(C(C)(F)F)c3)nc21. The van der Waals surface area contributed by atoms with Gasteiger partial charge < -0.3 is 15.1 Å². The highest BCUT2D eigenvalue weighted by Gasteiger charge is 2.26. The highest BCUT2D eigenvalue weighted by Crippen LogP contribution is 2.35. The zero-order valence-corrected chi connectivity index (χ0v) is 19.9. The number of nitrogens with zero attached hydrogens (tertiary/aromatic N) is 3. The van der Waals surface area contributed by atoms with Crippen LogP contribution in [-0.2, 0) is 5.92 Å². The van der Waals surface area contributed by atoms with Crippen molar-refractivity contribution in [3.8, 4) is 11.3 Å². The Kier molecular flexibility index (Phi) is 7.15. The van der Waals surface area contributed by atoms with Gasteiger partial charge in [-0.3, -0.25) is 0 Å². The summed E-state index contributed by atoms with van der Waals surface area (Å²) in [4.78, 5) is 9.23. The Morgan fingerprint density at radius 1 is 1.18 bits per heavy atom. The molecule has 0 amide bonds. The molecule has 0 atom stereocenters. The number of alkyl halides is 2. The molecule has 1 aromatic heterocycles. The quantitative estimate of drug-likeness (QED) is 0.516. The van der Waals surface area contributed by atoms with Crippen LogP contribution < -0.4 is 15.1 Å². The topological polar surface area (TPSA) is 31.4 Å². The van der Waals surface area contributed by atoms with Crippen molar-refractivity contribution in [2.24, 2.45) is 0 Å². The van der Waals surface area contributed by atoms with Crippen molar-refractivity contribution < 1.29 is 8.78 Å². The second kappa shape index (κ2) is 10.2. The van der Waals surface area contributed by atoms with Gasteiger partial charge in [0.25, 0.3) is 5.92 Å². The van der Waals surface area contributed by atoms with Gasteiger partial charge in [-0.1, -0.05) is 55.2 Å². The number of nitrogens with one attached hydrogen (secondary N) is 1. The van der Waals surface area contributed by atoms with Crippen LogP contribution in [0, 0.1) is 0 Å². The Hall–Kier alpha value is -3.41. The lowest BCUT2D eigenvalue weighted by Gasteiger charge is -2.27. The van der Waals surface area contributed by atoms with Crippen molar-refractivity contribution in [2.75, 3.05) is 36.5 Å². The van der Waals surface area contributed by atoms with E-state index in [-0.39, 0.29) is 5.56 Å². The number of hydrogen-bond donors (Lipinski definition) is 1. The van der Waals surface area contributed by atoms with E-state index in [1.165, 1.54) is 17.7 Å². The number of allylic oxidation sites excluding steroid dienone is 5. The van der Waals surface area contributed by atoms with Crippen LogP contribution in [0.5, 0.6) is 0 Å². The lowest BCUT2D eigenvalue weighted by Crippen LogP contribution is -2.33. The molecule has 178 valence electrons. The van der Waals surface area contributed by atoms with Gasteiger partial charge in [-0.2, -0.15) is 0 Å². The summed E-state index contributed by atoms with van der Waals surface area (Å²) in [5.41, 5.74) is 3.63. The molecule has 0 spiro atoms. The van der Waals surface area contributed by atoms with E-state index < -0.39 is 5.92 Å². The molecule has 2 heterocycles. The van der Waals surface area contributed by atoms with Crippen molar-refractivity contribution in [3.63, 3.8) is 0 Å². The van der Waals surface area contributed by atoms with Gasteiger partial charge in [0.2, 0.25) is 0 Å². The highest BCUT2D eigenvalue weighted by atomic mass is 19.3. The zero-order chi connectivity index (χ0) is 24.1. The van der Waals surface area contributed by atoms with Crippen molar-refractivity contribution in [3.05, 3.63) is 90.3 Å². The second-order valence-corrected chi connectivity index (χ2v) is 8.86. The van der Waals surface area contributed by atoms with Crippen LogP contribution in [0.1, 0.15) is 31.7 Å². The van der Waals surface area contributed by atoms with Crippen LogP contribution in [0.25, 0.3) is 11.3 Å². The summed E-state index contributed by atoms with van der Waals surface area (Å²) < 4.78 is 27.8. The molecule has 6 heteroatoms. The monoisotopic (exact) mass is 462 g/mol. The first-order valence-electron chi connectivity index (χ1n) is 11.8. The molecule has 1 aliphatic carbocycles. The van der Waals surface area contributed by atoms with Crippen molar-refractivity contribution >= 4 is 11.5 Å². The molecule has 2 aromatic rings. The molecule has 4 rings (SSSR count). The van der Waals surface area contributed by atoms with Crippen molar-refractivity contribution in [2.45, 2.75) is 32.1 Å². The lowest BCUT2D eigenvalue weighted by atomic mass is 10.0. The number of anilines is 2. The van der Waals surface area contributed by atoms with Gasteiger partial charge >= 0.3 is 0 Å². The number of fused-ring (bicyclic) bond motifs is 1. The van der Waals surface area contributed by atoms with Crippen LogP contribution in [-0.4, -0.2) is 31.7 Å². The van der Waals surface area contributed by atoms with Crippen LogP contribution in [0.3, 0.4) is 0 Å². The predicted molar refractivity (Wildman–Crippen MR) is 137 cm³/mol. The van der Waals surface area contributed by atoms with Crippen LogP contribution >= 0.6 is 0 Å². The Bertz CT molecular complexity index is 1130. The maximum atomic E-state index is 13.9. The van der Waals surface area contributed by atoms with Gasteiger partial charge in [0.05, 0.1) is 17.2 Å². The number of aromatic nitrogens is 1. The third-order valence-corrected chi connectivity index (χ3v) is 6.20. The van der Waals surface area contributed by atoms with E-state index in [4.69, 9.17) is 4.98 Å². The van der Waals surface area contributed by atoms with E-state index >= 15 is 0 Å². The van der Waals surface area contributed by atoms with Crippen molar-refractivity contribution in [1.29, 1.82) is 0 Å². The Labute approximate surface area is 201 Å². The largest absolute Gasteiger partial charge is 0.372 e. The van der Waals surface area contributed by atoms with E-state index in [0.717, 1.165) is 63.1 Å². The second-order valence-electron chi connectivity index (χ2n) is 8.86. The molecule has 0 fully saturated rings. The third kappa shape index (κ3) is 5.56. The minimum atomic E-state index is -2.90. The van der Waals surface area contributed by atoms with Gasteiger partial charge in [0, 0.05) is 44.7 Å². The molecule has 1 aliphatic heterocycles. The maximum absolute atomic E-state index is 13.9. The summed E-state index contributed by atoms with van der Waals surface area (Å²) >= 11 is 0. The molecule has 34 heavy (non-hydrogen) atoms. The molecule has 0 bridgehead atoms. The van der Waals surface area contributed by atoms with Gasteiger partial charge in [0.15, 0.2) is 5.82 Å². The van der Waals surface area contributed by atoms with Gasteiger partial charge in [-0.15, -0.1) is 0 Å². The number of halogens is 2. The zero-order valence-electron chi connectivity index (χ0n) is 19.9. The predicted octanol–water partition coefficient (Wildman–Crippen LogP) is 6.40. The Morgan fingerprint density at radius 2 is 2.03 bits per heavy atom. The standard InChI is InChI=1S/C28H32F2N4/c1-21(31-17-16-22-10-6-4-5-7-11-22)34-19-9-18-33(3)26-15-14-25(32-27(26)34)23-12-8-13-24(20-23)28(2,29)30/h4-6,8,10-15,20,31H,1,7,9,16-19H2,2-3H3. The minimum Gasteiger partial charge on any atom is -0.372 e. The van der Waals surface area contributed by atoms with E-state index in [9.17, 15) is 8.78 Å². The number of rotatable bonds is 7. The summed E-state index contributed by atoms with van der Waals surface area (Å²) in [6.07, 6.45) is 13.5. The first-order valence-corrected chi connectivity index (χ1v) is 11.8. The molecule has 0 saturated carbocycles. The smallest absolute Gasteiger partial charge is 0.270 e. The third-order valence-electron chi connectivity index (χ3n) is 6.20. The summed E-state index contributed by atoms with van der Waals surface area (Å²) in [5.74, 6) is -1.31. The van der Waals surface area contributed by atoms with E-state index in [1.807, 2.05) is 18.2 Å². The molecule has 0 radical (unpaired) electrons. The van der Waals surface area contributed by atoms with E-state index in [2.05, 4.69) is 59.1 Å². The molecule has 0 unspecified atom stereocenters. The van der Waals surface area contributed by atoms with E-state index in [1.54, 1.807) is 6.07 Å². The lowest BCUT2D eigenvalue weighted by molar-refractivity contribution is 0.0175. The van der Waals surface area contributed by atoms with Crippen LogP contribution in [0.4, 0.5) is 20.3 Å². The van der Waals surface area contributed by atoms with Crippen LogP contribution in [0.2, 0.25) is 0 Å². The number of pyridine rings is 1. The first kappa shape index (κ1) is 23.7. The van der Waals surface area contributed by atoms with Gasteiger partial charge in [0.1, 0.15) is 0 Å². The number of hydrogen-bond acceptors (Lipinski definition) is 4. The molecular weight excluding hydrogens is 430 g/mol. The summed E-state index contributed by atoms with van der Waals surface area (Å²) in [6, 6.07) is 10.4. The van der Waals surface area contributed by atoms with E-state index in [0.29, 0.717) is 11.3 Å². The molecule has 1 aromatic carbocycles. The average molecular weight is 463 g/mol. The maximum Gasteiger partial charge on any atom is 0.270 e. The Morgan fingerprint density at radius 3 is 2.85 bits per heavy atom. The van der Waals surface area contributed by atoms with Crippen LogP contribution in [0.15, 0.2) is 84.8 Å². The summed E-state index contributed by atoms with van der Waals surface area (Å²) in [7, 11) is 2.05. The molecule has 2 aliphatic rings. The fourth-order valence-electron chi connectivity index (χ4n) is 4.26. The molecule has 0 saturated heterocycles. The molecule has 1 N–H and O–H groups in total. The first-order chi connectivity index (χ1) is 16.3. The normalized spacial score (nSPS) is 15.9. The minimum absolute atomic E-state index is 0.0149. The highest BCUT2D eigenvalue weighted by molar-refractivity contribution is 5.74. The van der Waals surface area contributed by atoms with Gasteiger partial charge in [-0.25, -0.2) is 13.8 Å². The van der Waals surface area contributed by atoms with Gasteiger partial charge in [-0.05, 0) is 43.0 Å². The van der Waals surface area contributed by atoms with Crippen molar-refractivity contribution in [1.82, 2.24) is 10.3 Å². The fraction of sp³-hybridized carbons (Fsp3) is 0.321. The Balaban J connectivity index is 1.57. The fourth-order valence-corrected chi connectivity index (χ4v) is 4.26.